The summed E-state index contributed by atoms with van der Waals surface area (Å²) in [7, 11) is -3.52. The maximum absolute atomic E-state index is 11.7. The molecule has 1 heterocycles. The number of nitrogens with one attached hydrogen (secondary N) is 1. The van der Waals surface area contributed by atoms with Crippen molar-refractivity contribution < 1.29 is 13.2 Å². The van der Waals surface area contributed by atoms with Crippen molar-refractivity contribution in [1.82, 2.24) is 9.71 Å². The van der Waals surface area contributed by atoms with Crippen molar-refractivity contribution in [1.29, 1.82) is 0 Å². The van der Waals surface area contributed by atoms with E-state index in [0.717, 1.165) is 0 Å². The Morgan fingerprint density at radius 3 is 2.71 bits per heavy atom. The van der Waals surface area contributed by atoms with Gasteiger partial charge in [0.05, 0.1) is 12.7 Å². The van der Waals surface area contributed by atoms with Crippen LogP contribution in [0.1, 0.15) is 13.8 Å². The van der Waals surface area contributed by atoms with Crippen LogP contribution in [0.3, 0.4) is 0 Å². The van der Waals surface area contributed by atoms with E-state index >= 15 is 0 Å². The van der Waals surface area contributed by atoms with Crippen molar-refractivity contribution >= 4 is 15.8 Å². The normalized spacial score (nSPS) is 11.9. The molecule has 6 nitrogen and oxygen atoms in total. The van der Waals surface area contributed by atoms with E-state index in [2.05, 4.69) is 9.71 Å². The lowest BCUT2D eigenvalue weighted by Crippen LogP contribution is -2.28. The van der Waals surface area contributed by atoms with Gasteiger partial charge in [-0.15, -0.1) is 0 Å². The van der Waals surface area contributed by atoms with Crippen LogP contribution in [0.15, 0.2) is 23.2 Å². The Morgan fingerprint density at radius 2 is 2.18 bits per heavy atom. The molecule has 0 aliphatic heterocycles. The van der Waals surface area contributed by atoms with Gasteiger partial charge in [0.1, 0.15) is 10.7 Å². The van der Waals surface area contributed by atoms with Gasteiger partial charge in [-0.2, -0.15) is 0 Å². The molecule has 1 rings (SSSR count). The smallest absolute Gasteiger partial charge is 0.242 e. The first-order valence-corrected chi connectivity index (χ1v) is 6.73. The predicted molar refractivity (Wildman–Crippen MR) is 64.9 cm³/mol. The van der Waals surface area contributed by atoms with Gasteiger partial charge in [0.2, 0.25) is 10.0 Å². The highest BCUT2D eigenvalue weighted by Gasteiger charge is 2.13. The van der Waals surface area contributed by atoms with Gasteiger partial charge in [-0.25, -0.2) is 18.1 Å². The molecule has 17 heavy (non-hydrogen) atoms. The number of nitrogen functional groups attached to an aromatic ring is 1. The van der Waals surface area contributed by atoms with Crippen LogP contribution in [0.5, 0.6) is 0 Å². The molecule has 1 aromatic rings. The first kappa shape index (κ1) is 13.9. The Kier molecular flexibility index (Phi) is 4.86. The predicted octanol–water partition coefficient (Wildman–Crippen LogP) is 0.367. The van der Waals surface area contributed by atoms with E-state index in [9.17, 15) is 8.42 Å². The van der Waals surface area contributed by atoms with E-state index in [1.54, 1.807) is 0 Å². The number of pyridine rings is 1. The molecule has 0 radical (unpaired) electrons. The second kappa shape index (κ2) is 5.95. The Balaban J connectivity index is 2.54. The van der Waals surface area contributed by atoms with Crippen LogP contribution >= 0.6 is 0 Å². The van der Waals surface area contributed by atoms with Crippen molar-refractivity contribution in [3.8, 4) is 0 Å². The number of nitrogens with two attached hydrogens (primary N) is 1. The lowest BCUT2D eigenvalue weighted by Gasteiger charge is -2.09. The van der Waals surface area contributed by atoms with Crippen molar-refractivity contribution in [2.75, 3.05) is 18.9 Å². The largest absolute Gasteiger partial charge is 0.384 e. The third-order valence-corrected chi connectivity index (χ3v) is 3.36. The lowest BCUT2D eigenvalue weighted by molar-refractivity contribution is 0.0834. The van der Waals surface area contributed by atoms with Gasteiger partial charge in [0.25, 0.3) is 0 Å². The molecule has 0 fully saturated rings. The molecule has 3 N–H and O–H groups in total. The third-order valence-electron chi connectivity index (χ3n) is 1.91. The van der Waals surface area contributed by atoms with Crippen molar-refractivity contribution in [2.24, 2.45) is 0 Å². The van der Waals surface area contributed by atoms with Crippen LogP contribution in [0.2, 0.25) is 0 Å². The molecule has 96 valence electrons. The minimum atomic E-state index is -3.52. The molecular weight excluding hydrogens is 242 g/mol. The Morgan fingerprint density at radius 1 is 1.47 bits per heavy atom. The topological polar surface area (TPSA) is 94.3 Å². The number of nitrogens with zero attached hydrogens (tertiary/aromatic N) is 1. The third kappa shape index (κ3) is 4.68. The molecule has 0 atom stereocenters. The number of aromatic nitrogens is 1. The fourth-order valence-corrected chi connectivity index (χ4v) is 2.06. The number of rotatable bonds is 6. The summed E-state index contributed by atoms with van der Waals surface area (Å²) in [5.74, 6) is 0.284. The van der Waals surface area contributed by atoms with Crippen molar-refractivity contribution in [3.05, 3.63) is 18.3 Å². The lowest BCUT2D eigenvalue weighted by atomic mass is 10.5. The number of sulfonamides is 1. The number of hydrogen-bond donors (Lipinski definition) is 2. The monoisotopic (exact) mass is 259 g/mol. The zero-order valence-corrected chi connectivity index (χ0v) is 10.7. The molecule has 0 aliphatic rings. The first-order valence-electron chi connectivity index (χ1n) is 5.24. The molecular formula is C10H17N3O3S. The van der Waals surface area contributed by atoms with Gasteiger partial charge in [-0.1, -0.05) is 0 Å². The quantitative estimate of drug-likeness (QED) is 0.720. The average Bonchev–Trinajstić information content (AvgIpc) is 2.25. The molecule has 0 saturated heterocycles. The highest BCUT2D eigenvalue weighted by atomic mass is 32.2. The zero-order valence-electron chi connectivity index (χ0n) is 9.88. The Bertz CT molecular complexity index is 442. The number of ether oxygens (including phenoxy) is 1. The van der Waals surface area contributed by atoms with E-state index in [1.807, 2.05) is 13.8 Å². The van der Waals surface area contributed by atoms with Gasteiger partial charge in [0.15, 0.2) is 0 Å². The average molecular weight is 259 g/mol. The van der Waals surface area contributed by atoms with Crippen LogP contribution in [-0.2, 0) is 14.8 Å². The second-order valence-corrected chi connectivity index (χ2v) is 5.50. The van der Waals surface area contributed by atoms with Crippen molar-refractivity contribution in [3.63, 3.8) is 0 Å². The van der Waals surface area contributed by atoms with Gasteiger partial charge >= 0.3 is 0 Å². The Hall–Kier alpha value is -1.18. The minimum absolute atomic E-state index is 0.0812. The van der Waals surface area contributed by atoms with Crippen LogP contribution in [0.4, 0.5) is 5.82 Å². The molecule has 0 saturated carbocycles. The van der Waals surface area contributed by atoms with Crippen molar-refractivity contribution in [2.45, 2.75) is 24.8 Å². The van der Waals surface area contributed by atoms with E-state index in [1.165, 1.54) is 18.3 Å². The molecule has 7 heteroatoms. The van der Waals surface area contributed by atoms with Gasteiger partial charge in [-0.3, -0.25) is 0 Å². The fraction of sp³-hybridized carbons (Fsp3) is 0.500. The molecule has 0 aromatic carbocycles. The SMILES string of the molecule is CC(C)OCCNS(=O)(=O)c1ccc(N)nc1. The minimum Gasteiger partial charge on any atom is -0.384 e. The maximum atomic E-state index is 11.7. The summed E-state index contributed by atoms with van der Waals surface area (Å²) in [6, 6.07) is 2.85. The summed E-state index contributed by atoms with van der Waals surface area (Å²) in [6.07, 6.45) is 1.30. The van der Waals surface area contributed by atoms with Crippen LogP contribution < -0.4 is 10.5 Å². The standard InChI is InChI=1S/C10H17N3O3S/c1-8(2)16-6-5-13-17(14,15)9-3-4-10(11)12-7-9/h3-4,7-8,13H,5-6H2,1-2H3,(H2,11,12). The molecule has 0 aliphatic carbocycles. The van der Waals surface area contributed by atoms with Gasteiger partial charge in [-0.05, 0) is 26.0 Å². The zero-order chi connectivity index (χ0) is 12.9. The maximum Gasteiger partial charge on any atom is 0.242 e. The van der Waals surface area contributed by atoms with E-state index in [4.69, 9.17) is 10.5 Å². The fourth-order valence-electron chi connectivity index (χ4n) is 1.10. The van der Waals surface area contributed by atoms with Gasteiger partial charge < -0.3 is 10.5 Å². The molecule has 0 spiro atoms. The van der Waals surface area contributed by atoms with E-state index in [-0.39, 0.29) is 23.4 Å². The summed E-state index contributed by atoms with van der Waals surface area (Å²) in [4.78, 5) is 3.82. The summed E-state index contributed by atoms with van der Waals surface area (Å²) in [5.41, 5.74) is 5.38. The van der Waals surface area contributed by atoms with Gasteiger partial charge in [0, 0.05) is 12.7 Å². The van der Waals surface area contributed by atoms with Crippen LogP contribution in [0.25, 0.3) is 0 Å². The highest BCUT2D eigenvalue weighted by Crippen LogP contribution is 2.07. The van der Waals surface area contributed by atoms with Crippen LogP contribution in [0, 0.1) is 0 Å². The first-order chi connectivity index (χ1) is 7.92. The second-order valence-electron chi connectivity index (χ2n) is 3.74. The Labute approximate surface area is 101 Å². The summed E-state index contributed by atoms with van der Waals surface area (Å²) in [5, 5.41) is 0. The molecule has 0 bridgehead atoms. The number of anilines is 1. The highest BCUT2D eigenvalue weighted by molar-refractivity contribution is 7.89. The summed E-state index contributed by atoms with van der Waals surface area (Å²) in [6.45, 7) is 4.33. The van der Waals surface area contributed by atoms with Crippen LogP contribution in [-0.4, -0.2) is 32.7 Å². The molecule has 1 aromatic heterocycles. The summed E-state index contributed by atoms with van der Waals surface area (Å²) < 4.78 is 31.1. The summed E-state index contributed by atoms with van der Waals surface area (Å²) >= 11 is 0. The molecule has 0 unspecified atom stereocenters. The molecule has 0 amide bonds. The van der Waals surface area contributed by atoms with E-state index < -0.39 is 10.0 Å². The number of hydrogen-bond acceptors (Lipinski definition) is 5. The van der Waals surface area contributed by atoms with E-state index in [0.29, 0.717) is 6.61 Å².